The van der Waals surface area contributed by atoms with Crippen LogP contribution in [0.15, 0.2) is 85.1 Å². The van der Waals surface area contributed by atoms with Gasteiger partial charge < -0.3 is 28.5 Å². The van der Waals surface area contributed by atoms with E-state index >= 15 is 0 Å². The largest absolute Gasteiger partial charge is 0.756 e. The molecule has 0 aliphatic heterocycles. The number of likely N-dealkylation sites (N-methyl/N-ethyl adjacent to an activating group) is 1. The van der Waals surface area contributed by atoms with Crippen LogP contribution in [0.1, 0.15) is 284 Å². The summed E-state index contributed by atoms with van der Waals surface area (Å²) < 4.78 is 30.3. The van der Waals surface area contributed by atoms with Crippen molar-refractivity contribution in [2.24, 2.45) is 0 Å². The molecular weight excluding hydrogens is 988 g/mol. The third-order valence-corrected chi connectivity index (χ3v) is 15.0. The van der Waals surface area contributed by atoms with Crippen LogP contribution in [0.3, 0.4) is 0 Å². The molecule has 0 bridgehead atoms. The highest BCUT2D eigenvalue weighted by atomic mass is 31.2. The standard InChI is InChI=1S/C68H123N2O7P/c1-7-10-13-16-19-22-25-27-29-30-31-32-33-34-35-36-37-38-39-40-41-43-46-49-52-55-58-61-68(72)77-66(59-56-53-50-47-44-24-21-18-15-12-9-3)65(64-76-78(73,74)75-63-62-70(4,5)6)69-67(71)60-57-54-51-48-45-42-28-26-23-20-17-14-11-8-2/h10,13,19,22,27,29,31-32,34-35,42,45,56,59,65-66H,7-9,11-12,14-18,20-21,23-26,28,30,33,36-41,43-44,46-55,57-58,60-64H2,1-6H3,(H-,69,71,73,74)/b13-10-,22-19-,29-27-,32-31-,35-34-,45-42-,59-56-. The Morgan fingerprint density at radius 1 is 0.462 bits per heavy atom. The molecule has 0 radical (unpaired) electrons. The third-order valence-electron chi connectivity index (χ3n) is 14.1. The molecule has 0 fully saturated rings. The van der Waals surface area contributed by atoms with Crippen molar-refractivity contribution < 1.29 is 37.3 Å². The number of unbranched alkanes of at least 4 members (excludes halogenated alkanes) is 30. The smallest absolute Gasteiger partial charge is 0.306 e. The average molecular weight is 1110 g/mol. The van der Waals surface area contributed by atoms with Crippen molar-refractivity contribution in [3.63, 3.8) is 0 Å². The maximum absolute atomic E-state index is 13.5. The van der Waals surface area contributed by atoms with E-state index in [2.05, 4.69) is 99.0 Å². The minimum atomic E-state index is -4.70. The molecule has 0 saturated heterocycles. The van der Waals surface area contributed by atoms with Gasteiger partial charge in [0.15, 0.2) is 0 Å². The minimum Gasteiger partial charge on any atom is -0.756 e. The fraction of sp³-hybridized carbons (Fsp3) is 0.765. The van der Waals surface area contributed by atoms with Crippen LogP contribution in [0.2, 0.25) is 0 Å². The molecule has 0 spiro atoms. The van der Waals surface area contributed by atoms with Crippen molar-refractivity contribution in [3.05, 3.63) is 85.1 Å². The number of carbonyl (C=O) groups excluding carboxylic acids is 2. The van der Waals surface area contributed by atoms with Gasteiger partial charge in [0.1, 0.15) is 19.3 Å². The molecule has 0 rings (SSSR count). The van der Waals surface area contributed by atoms with Gasteiger partial charge in [-0.15, -0.1) is 0 Å². The van der Waals surface area contributed by atoms with Gasteiger partial charge in [-0.05, 0) is 102 Å². The number of rotatable bonds is 58. The maximum Gasteiger partial charge on any atom is 0.306 e. The Balaban J connectivity index is 5.06. The summed E-state index contributed by atoms with van der Waals surface area (Å²) in [6, 6.07) is -0.899. The van der Waals surface area contributed by atoms with Crippen LogP contribution in [-0.2, 0) is 27.9 Å². The normalized spacial score (nSPS) is 14.2. The second-order valence-electron chi connectivity index (χ2n) is 22.9. The number of quaternary nitrogens is 1. The van der Waals surface area contributed by atoms with Gasteiger partial charge in [-0.3, -0.25) is 14.2 Å². The summed E-state index contributed by atoms with van der Waals surface area (Å²) in [6.45, 7) is 6.71. The lowest BCUT2D eigenvalue weighted by Gasteiger charge is -2.30. The molecule has 3 unspecified atom stereocenters. The Bertz CT molecular complexity index is 1610. The molecule has 9 nitrogen and oxygen atoms in total. The Kier molecular flexibility index (Phi) is 55.4. The Morgan fingerprint density at radius 2 is 0.821 bits per heavy atom. The zero-order valence-corrected chi connectivity index (χ0v) is 52.5. The van der Waals surface area contributed by atoms with Crippen molar-refractivity contribution in [2.75, 3.05) is 40.9 Å². The number of hydrogen-bond acceptors (Lipinski definition) is 7. The summed E-state index contributed by atoms with van der Waals surface area (Å²) in [4.78, 5) is 40.0. The maximum atomic E-state index is 13.5. The summed E-state index contributed by atoms with van der Waals surface area (Å²) >= 11 is 0. The van der Waals surface area contributed by atoms with E-state index in [9.17, 15) is 19.0 Å². The summed E-state index contributed by atoms with van der Waals surface area (Å²) in [6.07, 6.45) is 75.6. The molecule has 78 heavy (non-hydrogen) atoms. The predicted octanol–water partition coefficient (Wildman–Crippen LogP) is 19.5. The van der Waals surface area contributed by atoms with E-state index in [4.69, 9.17) is 13.8 Å². The second-order valence-corrected chi connectivity index (χ2v) is 24.3. The van der Waals surface area contributed by atoms with Crippen LogP contribution in [0.4, 0.5) is 0 Å². The van der Waals surface area contributed by atoms with Crippen LogP contribution >= 0.6 is 7.82 Å². The first-order chi connectivity index (χ1) is 37.9. The molecule has 0 aromatic heterocycles. The first-order valence-corrected chi connectivity index (χ1v) is 33.9. The van der Waals surface area contributed by atoms with Crippen molar-refractivity contribution in [1.29, 1.82) is 0 Å². The zero-order chi connectivity index (χ0) is 57.2. The monoisotopic (exact) mass is 1110 g/mol. The van der Waals surface area contributed by atoms with Gasteiger partial charge in [-0.1, -0.05) is 254 Å². The quantitative estimate of drug-likeness (QED) is 0.0212. The van der Waals surface area contributed by atoms with Crippen molar-refractivity contribution >= 4 is 19.7 Å². The molecule has 0 aromatic carbocycles. The van der Waals surface area contributed by atoms with Gasteiger partial charge >= 0.3 is 5.97 Å². The van der Waals surface area contributed by atoms with Gasteiger partial charge in [0.2, 0.25) is 5.91 Å². The van der Waals surface area contributed by atoms with Crippen LogP contribution in [-0.4, -0.2) is 69.4 Å². The van der Waals surface area contributed by atoms with E-state index in [0.29, 0.717) is 23.9 Å². The number of ether oxygens (including phenoxy) is 1. The predicted molar refractivity (Wildman–Crippen MR) is 335 cm³/mol. The van der Waals surface area contributed by atoms with Crippen LogP contribution in [0, 0.1) is 0 Å². The van der Waals surface area contributed by atoms with E-state index in [1.165, 1.54) is 141 Å². The van der Waals surface area contributed by atoms with Gasteiger partial charge in [-0.25, -0.2) is 0 Å². The molecule has 1 amide bonds. The molecule has 0 heterocycles. The van der Waals surface area contributed by atoms with Crippen molar-refractivity contribution in [1.82, 2.24) is 5.32 Å². The van der Waals surface area contributed by atoms with Gasteiger partial charge in [0.25, 0.3) is 7.82 Å². The summed E-state index contributed by atoms with van der Waals surface area (Å²) in [5.41, 5.74) is 0. The van der Waals surface area contributed by atoms with Crippen molar-refractivity contribution in [3.8, 4) is 0 Å². The highest BCUT2D eigenvalue weighted by Gasteiger charge is 2.27. The fourth-order valence-corrected chi connectivity index (χ4v) is 9.80. The zero-order valence-electron chi connectivity index (χ0n) is 51.6. The molecule has 0 saturated carbocycles. The van der Waals surface area contributed by atoms with E-state index in [0.717, 1.165) is 103 Å². The first kappa shape index (κ1) is 75.2. The number of hydrogen-bond donors (Lipinski definition) is 1. The van der Waals surface area contributed by atoms with Crippen molar-refractivity contribution in [2.45, 2.75) is 296 Å². The summed E-state index contributed by atoms with van der Waals surface area (Å²) in [7, 11) is 1.17. The minimum absolute atomic E-state index is 0.0276. The Hall–Kier alpha value is -2.81. The van der Waals surface area contributed by atoms with Crippen LogP contribution < -0.4 is 10.2 Å². The van der Waals surface area contributed by atoms with Gasteiger partial charge in [-0.2, -0.15) is 0 Å². The number of nitrogens with zero attached hydrogens (tertiary/aromatic N) is 1. The molecule has 10 heteroatoms. The fourth-order valence-electron chi connectivity index (χ4n) is 9.07. The average Bonchev–Trinajstić information content (AvgIpc) is 3.40. The molecule has 0 aliphatic carbocycles. The lowest BCUT2D eigenvalue weighted by molar-refractivity contribution is -0.870. The number of nitrogens with one attached hydrogen (secondary N) is 1. The highest BCUT2D eigenvalue weighted by molar-refractivity contribution is 7.45. The van der Waals surface area contributed by atoms with Crippen LogP contribution in [0.5, 0.6) is 0 Å². The van der Waals surface area contributed by atoms with E-state index in [1.54, 1.807) is 0 Å². The van der Waals surface area contributed by atoms with E-state index < -0.39 is 26.6 Å². The number of phosphoric ester groups is 1. The van der Waals surface area contributed by atoms with Gasteiger partial charge in [0, 0.05) is 12.8 Å². The number of carbonyl (C=O) groups is 2. The highest BCUT2D eigenvalue weighted by Crippen LogP contribution is 2.38. The molecule has 0 aliphatic rings. The van der Waals surface area contributed by atoms with Crippen LogP contribution in [0.25, 0.3) is 0 Å². The molecule has 452 valence electrons. The third kappa shape index (κ3) is 57.9. The number of allylic oxidation sites excluding steroid dienone is 13. The lowest BCUT2D eigenvalue weighted by Crippen LogP contribution is -2.47. The Labute approximate surface area is 482 Å². The van der Waals surface area contributed by atoms with E-state index in [-0.39, 0.29) is 24.9 Å². The first-order valence-electron chi connectivity index (χ1n) is 32.4. The SMILES string of the molecule is CC/C=C\C/C=C\C/C=C\C/C=C\C/C=C\CCCCCCCCCCCCCC(=O)OC(/C=C\CCCCCCCCCCC)C(COP(=O)([O-])OCC[N+](C)(C)C)NC(=O)CCCCC/C=C\CCCCCCCCC. The number of esters is 1. The molecule has 3 atom stereocenters. The topological polar surface area (TPSA) is 114 Å². The molecule has 0 aromatic rings. The molecule has 1 N–H and O–H groups in total. The second kappa shape index (κ2) is 57.4. The Morgan fingerprint density at radius 3 is 1.26 bits per heavy atom. The number of amides is 1. The molecular formula is C68H123N2O7P. The van der Waals surface area contributed by atoms with E-state index in [1.807, 2.05) is 33.3 Å². The number of phosphoric acid groups is 1. The van der Waals surface area contributed by atoms with Gasteiger partial charge in [0.05, 0.1) is 33.8 Å². The summed E-state index contributed by atoms with van der Waals surface area (Å²) in [5, 5.41) is 3.02. The lowest BCUT2D eigenvalue weighted by atomic mass is 10.0. The summed E-state index contributed by atoms with van der Waals surface area (Å²) in [5.74, 6) is -0.562.